The highest BCUT2D eigenvalue weighted by molar-refractivity contribution is 5.68. The van der Waals surface area contributed by atoms with Crippen molar-refractivity contribution >= 4 is 17.1 Å². The van der Waals surface area contributed by atoms with Gasteiger partial charge in [-0.1, -0.05) is 0 Å². The maximum absolute atomic E-state index is 9.71. The van der Waals surface area contributed by atoms with Crippen molar-refractivity contribution in [2.24, 2.45) is 0 Å². The molecule has 0 radical (unpaired) electrons. The van der Waals surface area contributed by atoms with Crippen molar-refractivity contribution in [1.29, 1.82) is 0 Å². The molecule has 1 aliphatic rings. The molecule has 1 saturated heterocycles. The maximum atomic E-state index is 9.71. The predicted octanol–water partition coefficient (Wildman–Crippen LogP) is -0.445. The van der Waals surface area contributed by atoms with Crippen molar-refractivity contribution in [2.45, 2.75) is 0 Å². The molecule has 3 rings (SSSR count). The Labute approximate surface area is 89.8 Å². The van der Waals surface area contributed by atoms with Gasteiger partial charge in [-0.2, -0.15) is 9.97 Å². The maximum Gasteiger partial charge on any atom is 0.257 e. The fraction of sp³-hybridized carbons (Fsp3) is 0.500. The number of morpholine rings is 1. The van der Waals surface area contributed by atoms with Crippen LogP contribution in [-0.2, 0) is 4.74 Å². The Hall–Kier alpha value is -1.96. The molecule has 8 nitrogen and oxygen atoms in total. The molecule has 8 heteroatoms. The Kier molecular flexibility index (Phi) is 2.07. The van der Waals surface area contributed by atoms with E-state index in [0.29, 0.717) is 37.8 Å². The Morgan fingerprint density at radius 3 is 2.50 bits per heavy atom. The van der Waals surface area contributed by atoms with Gasteiger partial charge in [0.15, 0.2) is 5.82 Å². The van der Waals surface area contributed by atoms with Crippen LogP contribution in [0.3, 0.4) is 0 Å². The van der Waals surface area contributed by atoms with Gasteiger partial charge in [-0.3, -0.25) is 0 Å². The summed E-state index contributed by atoms with van der Waals surface area (Å²) in [5.41, 5.74) is 0.494. The van der Waals surface area contributed by atoms with E-state index in [2.05, 4.69) is 24.9 Å². The molecule has 84 valence electrons. The summed E-state index contributed by atoms with van der Waals surface area (Å²) in [6.07, 6.45) is 0. The molecule has 1 N–H and O–H groups in total. The molecule has 0 spiro atoms. The van der Waals surface area contributed by atoms with E-state index in [9.17, 15) is 5.11 Å². The number of fused-ring (bicyclic) bond motifs is 1. The molecule has 2 aromatic heterocycles. The second kappa shape index (κ2) is 3.56. The van der Waals surface area contributed by atoms with Gasteiger partial charge in [-0.15, -0.1) is 0 Å². The van der Waals surface area contributed by atoms with Crippen molar-refractivity contribution in [2.75, 3.05) is 31.2 Å². The van der Waals surface area contributed by atoms with E-state index in [1.807, 2.05) is 4.90 Å². The highest BCUT2D eigenvalue weighted by atomic mass is 16.6. The van der Waals surface area contributed by atoms with E-state index in [-0.39, 0.29) is 11.5 Å². The summed E-state index contributed by atoms with van der Waals surface area (Å²) in [6.45, 7) is 2.55. The van der Waals surface area contributed by atoms with Crippen LogP contribution in [0.2, 0.25) is 0 Å². The van der Waals surface area contributed by atoms with Crippen LogP contribution in [0, 0.1) is 0 Å². The minimum atomic E-state index is -0.162. The van der Waals surface area contributed by atoms with Crippen molar-refractivity contribution in [3.63, 3.8) is 0 Å². The molecule has 1 fully saturated rings. The van der Waals surface area contributed by atoms with Crippen LogP contribution >= 0.6 is 0 Å². The third-order valence-electron chi connectivity index (χ3n) is 2.39. The molecule has 16 heavy (non-hydrogen) atoms. The first kappa shape index (κ1) is 9.28. The molecule has 1 aliphatic heterocycles. The lowest BCUT2D eigenvalue weighted by Crippen LogP contribution is -2.36. The number of rotatable bonds is 1. The summed E-state index contributed by atoms with van der Waals surface area (Å²) in [5.74, 6) is 0.233. The van der Waals surface area contributed by atoms with Crippen molar-refractivity contribution in [3.8, 4) is 5.88 Å². The van der Waals surface area contributed by atoms with Crippen LogP contribution < -0.4 is 4.90 Å². The summed E-state index contributed by atoms with van der Waals surface area (Å²) in [6, 6.07) is 0. The molecular formula is C8H9N5O3. The normalized spacial score (nSPS) is 16.9. The second-order valence-electron chi connectivity index (χ2n) is 3.38. The second-order valence-corrected chi connectivity index (χ2v) is 3.38. The topological polar surface area (TPSA) is 97.4 Å². The number of anilines is 1. The quantitative estimate of drug-likeness (QED) is 0.694. The number of nitrogens with zero attached hydrogens (tertiary/aromatic N) is 5. The third kappa shape index (κ3) is 1.43. The Morgan fingerprint density at radius 2 is 1.75 bits per heavy atom. The molecular weight excluding hydrogens is 214 g/mol. The highest BCUT2D eigenvalue weighted by Crippen LogP contribution is 2.24. The number of ether oxygens (including phenoxy) is 1. The molecule has 0 aromatic carbocycles. The van der Waals surface area contributed by atoms with E-state index in [0.717, 1.165) is 0 Å². The molecule has 0 amide bonds. The minimum absolute atomic E-state index is 0.162. The van der Waals surface area contributed by atoms with Crippen molar-refractivity contribution in [1.82, 2.24) is 20.3 Å². The summed E-state index contributed by atoms with van der Waals surface area (Å²) in [7, 11) is 0. The van der Waals surface area contributed by atoms with Gasteiger partial charge in [0.25, 0.3) is 5.88 Å². The predicted molar refractivity (Wildman–Crippen MR) is 52.1 cm³/mol. The molecule has 0 saturated carbocycles. The largest absolute Gasteiger partial charge is 0.491 e. The lowest BCUT2D eigenvalue weighted by Gasteiger charge is -2.27. The van der Waals surface area contributed by atoms with E-state index in [1.54, 1.807) is 0 Å². The zero-order chi connectivity index (χ0) is 11.0. The van der Waals surface area contributed by atoms with Crippen LogP contribution in [0.15, 0.2) is 4.63 Å². The van der Waals surface area contributed by atoms with Gasteiger partial charge in [0.2, 0.25) is 11.3 Å². The number of aromatic nitrogens is 4. The first-order chi connectivity index (χ1) is 7.84. The summed E-state index contributed by atoms with van der Waals surface area (Å²) >= 11 is 0. The van der Waals surface area contributed by atoms with Gasteiger partial charge in [0, 0.05) is 13.1 Å². The summed E-state index contributed by atoms with van der Waals surface area (Å²) in [4.78, 5) is 9.89. The van der Waals surface area contributed by atoms with Crippen molar-refractivity contribution in [3.05, 3.63) is 0 Å². The smallest absolute Gasteiger partial charge is 0.257 e. The van der Waals surface area contributed by atoms with Crippen molar-refractivity contribution < 1.29 is 14.5 Å². The molecule has 0 aliphatic carbocycles. The van der Waals surface area contributed by atoms with Crippen LogP contribution in [0.1, 0.15) is 0 Å². The fourth-order valence-electron chi connectivity index (χ4n) is 1.61. The third-order valence-corrected chi connectivity index (χ3v) is 2.39. The molecule has 0 atom stereocenters. The van der Waals surface area contributed by atoms with E-state index in [4.69, 9.17) is 4.74 Å². The first-order valence-electron chi connectivity index (χ1n) is 4.86. The first-order valence-corrected chi connectivity index (χ1v) is 4.86. The molecule has 0 bridgehead atoms. The summed E-state index contributed by atoms with van der Waals surface area (Å²) < 4.78 is 9.70. The zero-order valence-electron chi connectivity index (χ0n) is 8.33. The molecule has 3 heterocycles. The molecule has 2 aromatic rings. The van der Waals surface area contributed by atoms with E-state index < -0.39 is 0 Å². The minimum Gasteiger partial charge on any atom is -0.491 e. The zero-order valence-corrected chi connectivity index (χ0v) is 8.33. The van der Waals surface area contributed by atoms with Crippen LogP contribution in [0.25, 0.3) is 11.3 Å². The van der Waals surface area contributed by atoms with Gasteiger partial charge in [-0.05, 0) is 10.3 Å². The lowest BCUT2D eigenvalue weighted by molar-refractivity contribution is 0.122. The Morgan fingerprint density at radius 1 is 1.06 bits per heavy atom. The standard InChI is InChI=1S/C8H9N5O3/c14-8-7(13-1-3-15-4-2-13)9-5-6(10-8)12-16-11-5/h1-4H2,(H,10,12,14). The van der Waals surface area contributed by atoms with Gasteiger partial charge in [0.05, 0.1) is 13.2 Å². The average molecular weight is 223 g/mol. The Balaban J connectivity index is 2.03. The summed E-state index contributed by atoms with van der Waals surface area (Å²) in [5, 5.41) is 16.8. The number of hydrogen-bond acceptors (Lipinski definition) is 8. The van der Waals surface area contributed by atoms with Gasteiger partial charge < -0.3 is 14.7 Å². The fourth-order valence-corrected chi connectivity index (χ4v) is 1.61. The van der Waals surface area contributed by atoms with Crippen LogP contribution in [0.4, 0.5) is 5.82 Å². The van der Waals surface area contributed by atoms with Gasteiger partial charge >= 0.3 is 0 Å². The molecule has 0 unspecified atom stereocenters. The van der Waals surface area contributed by atoms with E-state index >= 15 is 0 Å². The van der Waals surface area contributed by atoms with Gasteiger partial charge in [0.1, 0.15) is 0 Å². The SMILES string of the molecule is Oc1nc2nonc2nc1N1CCOCC1. The lowest BCUT2D eigenvalue weighted by atomic mass is 10.4. The van der Waals surface area contributed by atoms with E-state index in [1.165, 1.54) is 0 Å². The monoisotopic (exact) mass is 223 g/mol. The van der Waals surface area contributed by atoms with Crippen LogP contribution in [0.5, 0.6) is 5.88 Å². The number of aromatic hydroxyl groups is 1. The number of hydrogen-bond donors (Lipinski definition) is 1. The van der Waals surface area contributed by atoms with Crippen LogP contribution in [-0.4, -0.2) is 51.7 Å². The average Bonchev–Trinajstić information content (AvgIpc) is 2.76. The highest BCUT2D eigenvalue weighted by Gasteiger charge is 2.19. The van der Waals surface area contributed by atoms with Gasteiger partial charge in [-0.25, -0.2) is 4.63 Å². The Bertz CT molecular complexity index is 507.